The fraction of sp³-hybridized carbons (Fsp3) is 0.316. The van der Waals surface area contributed by atoms with E-state index >= 15 is 0 Å². The molecule has 2 rings (SSSR count). The molecule has 25 heavy (non-hydrogen) atoms. The maximum atomic E-state index is 13.6. The minimum absolute atomic E-state index is 0.232. The number of carbonyl (C=O) groups excluding carboxylic acids is 1. The monoisotopic (exact) mass is 362 g/mol. The third-order valence-electron chi connectivity index (χ3n) is 3.78. The first kappa shape index (κ1) is 19.2. The highest BCUT2D eigenvalue weighted by Gasteiger charge is 2.38. The summed E-state index contributed by atoms with van der Waals surface area (Å²) in [6.07, 6.45) is 0.656. The molecule has 0 fully saturated rings. The molecule has 1 atom stereocenters. The highest BCUT2D eigenvalue weighted by molar-refractivity contribution is 7.83. The van der Waals surface area contributed by atoms with E-state index in [2.05, 4.69) is 0 Å². The van der Waals surface area contributed by atoms with Crippen molar-refractivity contribution in [2.45, 2.75) is 20.3 Å². The summed E-state index contributed by atoms with van der Waals surface area (Å²) in [5, 5.41) is 0.380. The fourth-order valence-corrected chi connectivity index (χ4v) is 4.60. The number of benzene rings is 2. The van der Waals surface area contributed by atoms with Crippen LogP contribution in [0.2, 0.25) is 0 Å². The van der Waals surface area contributed by atoms with Crippen molar-refractivity contribution in [2.24, 2.45) is 0 Å². The molecule has 0 amide bonds. The zero-order chi connectivity index (χ0) is 18.4. The van der Waals surface area contributed by atoms with Gasteiger partial charge in [-0.15, -0.1) is 0 Å². The molecular formula is C19H23O5P. The molecule has 0 aromatic heterocycles. The predicted molar refractivity (Wildman–Crippen MR) is 98.5 cm³/mol. The van der Waals surface area contributed by atoms with E-state index in [0.717, 1.165) is 0 Å². The lowest BCUT2D eigenvalue weighted by atomic mass is 10.1. The van der Waals surface area contributed by atoms with Crippen LogP contribution in [-0.4, -0.2) is 26.4 Å². The van der Waals surface area contributed by atoms with E-state index in [-0.39, 0.29) is 12.2 Å². The Labute approximate surface area is 148 Å². The lowest BCUT2D eigenvalue weighted by molar-refractivity contribution is 0.105. The molecular weight excluding hydrogens is 339 g/mol. The van der Waals surface area contributed by atoms with Crippen LogP contribution in [0.4, 0.5) is 0 Å². The number of carbonyl (C=O) groups is 1. The molecule has 1 unspecified atom stereocenters. The topological polar surface area (TPSA) is 61.8 Å². The van der Waals surface area contributed by atoms with E-state index in [1.807, 2.05) is 6.92 Å². The van der Waals surface area contributed by atoms with Crippen LogP contribution in [0.1, 0.15) is 29.3 Å². The van der Waals surface area contributed by atoms with Gasteiger partial charge in [0.05, 0.1) is 26.4 Å². The van der Waals surface area contributed by atoms with Crippen molar-refractivity contribution in [3.63, 3.8) is 0 Å². The number of methoxy groups -OCH3 is 2. The maximum absolute atomic E-state index is 13.6. The first-order chi connectivity index (χ1) is 12.0. The van der Waals surface area contributed by atoms with Crippen LogP contribution in [0.25, 0.3) is 0 Å². The van der Waals surface area contributed by atoms with Crippen LogP contribution in [0.5, 0.6) is 11.5 Å². The Morgan fingerprint density at radius 2 is 1.76 bits per heavy atom. The minimum atomic E-state index is -3.75. The summed E-state index contributed by atoms with van der Waals surface area (Å²) >= 11 is 0. The molecule has 2 aromatic carbocycles. The standard InChI is InChI=1S/C19H23O5P/c1-5-11-24-25(21,16-9-7-6-8-10-16)19(20)18-14(2)12-15(22-3)13-17(18)23-4/h6-10,12-13H,5,11H2,1-4H3. The minimum Gasteiger partial charge on any atom is -0.497 e. The van der Waals surface area contributed by atoms with Gasteiger partial charge in [0, 0.05) is 11.4 Å². The van der Waals surface area contributed by atoms with Gasteiger partial charge in [0.15, 0.2) is 0 Å². The van der Waals surface area contributed by atoms with Crippen molar-refractivity contribution < 1.29 is 23.4 Å². The molecule has 0 saturated heterocycles. The van der Waals surface area contributed by atoms with Gasteiger partial charge in [0.25, 0.3) is 5.52 Å². The number of hydrogen-bond donors (Lipinski definition) is 0. The first-order valence-corrected chi connectivity index (χ1v) is 9.68. The largest absolute Gasteiger partial charge is 0.497 e. The summed E-state index contributed by atoms with van der Waals surface area (Å²) in [7, 11) is -0.751. The van der Waals surface area contributed by atoms with Gasteiger partial charge < -0.3 is 14.0 Å². The van der Waals surface area contributed by atoms with Gasteiger partial charge in [0.1, 0.15) is 11.5 Å². The van der Waals surface area contributed by atoms with Gasteiger partial charge in [-0.1, -0.05) is 25.1 Å². The Balaban J connectivity index is 2.60. The summed E-state index contributed by atoms with van der Waals surface area (Å²) in [4.78, 5) is 13.3. The van der Waals surface area contributed by atoms with Crippen molar-refractivity contribution in [1.29, 1.82) is 0 Å². The van der Waals surface area contributed by atoms with Crippen LogP contribution >= 0.6 is 7.37 Å². The smallest absolute Gasteiger partial charge is 0.300 e. The third kappa shape index (κ3) is 3.94. The van der Waals surface area contributed by atoms with E-state index in [9.17, 15) is 9.36 Å². The Hall–Kier alpha value is -2.10. The zero-order valence-electron chi connectivity index (χ0n) is 14.9. The van der Waals surface area contributed by atoms with E-state index in [1.54, 1.807) is 49.4 Å². The zero-order valence-corrected chi connectivity index (χ0v) is 15.8. The third-order valence-corrected chi connectivity index (χ3v) is 6.07. The summed E-state index contributed by atoms with van der Waals surface area (Å²) in [6, 6.07) is 11.9. The molecule has 0 saturated carbocycles. The Morgan fingerprint density at radius 1 is 1.08 bits per heavy atom. The molecule has 0 bridgehead atoms. The summed E-state index contributed by atoms with van der Waals surface area (Å²) in [5.41, 5.74) is 0.313. The summed E-state index contributed by atoms with van der Waals surface area (Å²) in [5.74, 6) is 0.882. The van der Waals surface area contributed by atoms with Gasteiger partial charge in [0.2, 0.25) is 0 Å². The molecule has 0 spiro atoms. The van der Waals surface area contributed by atoms with Crippen LogP contribution in [-0.2, 0) is 9.09 Å². The Morgan fingerprint density at radius 3 is 2.32 bits per heavy atom. The van der Waals surface area contributed by atoms with Crippen molar-refractivity contribution in [2.75, 3.05) is 20.8 Å². The molecule has 0 heterocycles. The number of rotatable bonds is 8. The summed E-state index contributed by atoms with van der Waals surface area (Å²) < 4.78 is 29.8. The van der Waals surface area contributed by atoms with E-state index in [1.165, 1.54) is 14.2 Å². The van der Waals surface area contributed by atoms with Crippen LogP contribution < -0.4 is 14.8 Å². The number of aryl methyl sites for hydroxylation is 1. The first-order valence-electron chi connectivity index (χ1n) is 8.05. The Kier molecular flexibility index (Phi) is 6.40. The van der Waals surface area contributed by atoms with Crippen molar-refractivity contribution in [1.82, 2.24) is 0 Å². The molecule has 134 valence electrons. The molecule has 0 aliphatic carbocycles. The summed E-state index contributed by atoms with van der Waals surface area (Å²) in [6.45, 7) is 3.89. The van der Waals surface area contributed by atoms with Gasteiger partial charge >= 0.3 is 7.37 Å². The van der Waals surface area contributed by atoms with Gasteiger partial charge in [-0.3, -0.25) is 9.36 Å². The van der Waals surface area contributed by atoms with E-state index < -0.39 is 12.9 Å². The second-order valence-electron chi connectivity index (χ2n) is 5.55. The molecule has 0 aliphatic rings. The molecule has 0 N–H and O–H groups in total. The Bertz CT molecular complexity index is 786. The van der Waals surface area contributed by atoms with Crippen molar-refractivity contribution in [3.05, 3.63) is 53.6 Å². The van der Waals surface area contributed by atoms with Crippen molar-refractivity contribution >= 4 is 18.2 Å². The second-order valence-corrected chi connectivity index (χ2v) is 7.83. The lowest BCUT2D eigenvalue weighted by Gasteiger charge is -2.20. The lowest BCUT2D eigenvalue weighted by Crippen LogP contribution is -2.17. The van der Waals surface area contributed by atoms with Crippen LogP contribution in [0, 0.1) is 6.92 Å². The maximum Gasteiger partial charge on any atom is 0.300 e. The molecule has 5 nitrogen and oxygen atoms in total. The molecule has 0 radical (unpaired) electrons. The van der Waals surface area contributed by atoms with Gasteiger partial charge in [-0.2, -0.15) is 0 Å². The van der Waals surface area contributed by atoms with E-state index in [0.29, 0.717) is 28.8 Å². The van der Waals surface area contributed by atoms with Gasteiger partial charge in [-0.05, 0) is 37.1 Å². The molecule has 2 aromatic rings. The average molecular weight is 362 g/mol. The highest BCUT2D eigenvalue weighted by atomic mass is 31.2. The average Bonchev–Trinajstić information content (AvgIpc) is 2.65. The fourth-order valence-electron chi connectivity index (χ4n) is 2.52. The van der Waals surface area contributed by atoms with E-state index in [4.69, 9.17) is 14.0 Å². The predicted octanol–water partition coefficient (Wildman–Crippen LogP) is 4.18. The normalized spacial score (nSPS) is 13.1. The van der Waals surface area contributed by atoms with Gasteiger partial charge in [-0.25, -0.2) is 0 Å². The number of hydrogen-bond acceptors (Lipinski definition) is 5. The highest BCUT2D eigenvalue weighted by Crippen LogP contribution is 2.51. The molecule has 6 heteroatoms. The quantitative estimate of drug-likeness (QED) is 0.659. The second kappa shape index (κ2) is 8.32. The van der Waals surface area contributed by atoms with Crippen LogP contribution in [0.3, 0.4) is 0 Å². The number of ether oxygens (including phenoxy) is 2. The van der Waals surface area contributed by atoms with Crippen molar-refractivity contribution in [3.8, 4) is 11.5 Å². The SMILES string of the molecule is CCCOP(=O)(C(=O)c1c(C)cc(OC)cc1OC)c1ccccc1. The van der Waals surface area contributed by atoms with Crippen LogP contribution in [0.15, 0.2) is 42.5 Å². The molecule has 0 aliphatic heterocycles.